The molecular weight excluding hydrogens is 348 g/mol. The van der Waals surface area contributed by atoms with Crippen LogP contribution in [0.3, 0.4) is 0 Å². The van der Waals surface area contributed by atoms with Crippen molar-refractivity contribution in [1.29, 1.82) is 0 Å². The van der Waals surface area contributed by atoms with E-state index in [1.807, 2.05) is 25.3 Å². The lowest BCUT2D eigenvalue weighted by molar-refractivity contribution is 0.0912. The van der Waals surface area contributed by atoms with Gasteiger partial charge in [-0.1, -0.05) is 17.4 Å². The van der Waals surface area contributed by atoms with Crippen LogP contribution < -0.4 is 4.90 Å². The fourth-order valence-corrected chi connectivity index (χ4v) is 4.24. The van der Waals surface area contributed by atoms with Crippen molar-refractivity contribution in [2.75, 3.05) is 18.1 Å². The molecule has 0 N–H and O–H groups in total. The van der Waals surface area contributed by atoms with Gasteiger partial charge in [0.25, 0.3) is 5.91 Å². The standard InChI is InChI=1S/C19H22N4O2S/c1-3-22-9-8-16(21-22)18(24)23(12-14-5-4-10-25-14)19-20-15-7-6-13(2)11-17(15)26-19/h6-9,11,14H,3-5,10,12H2,1-2H3. The van der Waals surface area contributed by atoms with Crippen molar-refractivity contribution in [1.82, 2.24) is 14.8 Å². The number of ether oxygens (including phenoxy) is 1. The molecule has 136 valence electrons. The Labute approximate surface area is 156 Å². The molecule has 1 aliphatic rings. The molecule has 7 heteroatoms. The second kappa shape index (κ2) is 7.17. The van der Waals surface area contributed by atoms with Crippen LogP contribution in [0.1, 0.15) is 35.8 Å². The average Bonchev–Trinajstić information content (AvgIpc) is 3.38. The van der Waals surface area contributed by atoms with Gasteiger partial charge in [-0.05, 0) is 50.5 Å². The Bertz CT molecular complexity index is 927. The van der Waals surface area contributed by atoms with Crippen molar-refractivity contribution in [2.24, 2.45) is 0 Å². The van der Waals surface area contributed by atoms with E-state index >= 15 is 0 Å². The minimum Gasteiger partial charge on any atom is -0.376 e. The number of carbonyl (C=O) groups is 1. The SMILES string of the molecule is CCn1ccc(C(=O)N(CC2CCCO2)c2nc3ccc(C)cc3s2)n1. The lowest BCUT2D eigenvalue weighted by Gasteiger charge is -2.22. The van der Waals surface area contributed by atoms with E-state index in [0.717, 1.165) is 36.2 Å². The van der Waals surface area contributed by atoms with Crippen LogP contribution in [0.5, 0.6) is 0 Å². The highest BCUT2D eigenvalue weighted by molar-refractivity contribution is 7.22. The van der Waals surface area contributed by atoms with Crippen LogP contribution in [-0.4, -0.2) is 39.9 Å². The van der Waals surface area contributed by atoms with Gasteiger partial charge in [-0.25, -0.2) is 4.98 Å². The summed E-state index contributed by atoms with van der Waals surface area (Å²) in [5.41, 5.74) is 2.55. The van der Waals surface area contributed by atoms with Crippen molar-refractivity contribution in [3.05, 3.63) is 41.7 Å². The van der Waals surface area contributed by atoms with Crippen LogP contribution >= 0.6 is 11.3 Å². The molecule has 1 unspecified atom stereocenters. The number of nitrogens with zero attached hydrogens (tertiary/aromatic N) is 4. The van der Waals surface area contributed by atoms with E-state index in [4.69, 9.17) is 9.72 Å². The van der Waals surface area contributed by atoms with Gasteiger partial charge in [0, 0.05) is 19.3 Å². The molecule has 4 rings (SSSR count). The number of rotatable bonds is 5. The molecule has 2 aromatic heterocycles. The number of carbonyl (C=O) groups excluding carboxylic acids is 1. The molecule has 3 heterocycles. The topological polar surface area (TPSA) is 60.2 Å². The summed E-state index contributed by atoms with van der Waals surface area (Å²) >= 11 is 1.54. The van der Waals surface area contributed by atoms with Crippen LogP contribution in [0.2, 0.25) is 0 Å². The summed E-state index contributed by atoms with van der Waals surface area (Å²) in [6.45, 7) is 6.07. The Kier molecular flexibility index (Phi) is 4.74. The molecule has 6 nitrogen and oxygen atoms in total. The fourth-order valence-electron chi connectivity index (χ4n) is 3.17. The number of anilines is 1. The second-order valence-electron chi connectivity index (χ2n) is 6.58. The first kappa shape index (κ1) is 17.2. The summed E-state index contributed by atoms with van der Waals surface area (Å²) in [7, 11) is 0. The van der Waals surface area contributed by atoms with E-state index in [9.17, 15) is 4.79 Å². The predicted octanol–water partition coefficient (Wildman–Crippen LogP) is 3.65. The highest BCUT2D eigenvalue weighted by Crippen LogP contribution is 2.31. The average molecular weight is 370 g/mol. The third kappa shape index (κ3) is 3.37. The van der Waals surface area contributed by atoms with Crippen LogP contribution in [0, 0.1) is 6.92 Å². The zero-order valence-electron chi connectivity index (χ0n) is 15.0. The van der Waals surface area contributed by atoms with Crippen LogP contribution in [0.25, 0.3) is 10.2 Å². The monoisotopic (exact) mass is 370 g/mol. The molecule has 1 atom stereocenters. The Morgan fingerprint density at radius 3 is 3.04 bits per heavy atom. The summed E-state index contributed by atoms with van der Waals surface area (Å²) in [6.07, 6.45) is 3.90. The van der Waals surface area contributed by atoms with Crippen molar-refractivity contribution in [3.63, 3.8) is 0 Å². The molecule has 3 aromatic rings. The maximum absolute atomic E-state index is 13.2. The highest BCUT2D eigenvalue weighted by Gasteiger charge is 2.28. The molecule has 1 saturated heterocycles. The van der Waals surface area contributed by atoms with Gasteiger partial charge < -0.3 is 4.74 Å². The molecular formula is C19H22N4O2S. The van der Waals surface area contributed by atoms with E-state index in [2.05, 4.69) is 18.1 Å². The lowest BCUT2D eigenvalue weighted by Crippen LogP contribution is -2.37. The van der Waals surface area contributed by atoms with E-state index in [0.29, 0.717) is 17.4 Å². The predicted molar refractivity (Wildman–Crippen MR) is 103 cm³/mol. The van der Waals surface area contributed by atoms with E-state index in [1.165, 1.54) is 5.56 Å². The molecule has 0 radical (unpaired) electrons. The quantitative estimate of drug-likeness (QED) is 0.688. The van der Waals surface area contributed by atoms with E-state index in [-0.39, 0.29) is 12.0 Å². The number of hydrogen-bond acceptors (Lipinski definition) is 5. The fraction of sp³-hybridized carbons (Fsp3) is 0.421. The van der Waals surface area contributed by atoms with E-state index < -0.39 is 0 Å². The molecule has 0 aliphatic carbocycles. The maximum Gasteiger partial charge on any atom is 0.280 e. The Balaban J connectivity index is 1.69. The second-order valence-corrected chi connectivity index (χ2v) is 7.58. The lowest BCUT2D eigenvalue weighted by atomic mass is 10.2. The summed E-state index contributed by atoms with van der Waals surface area (Å²) in [5.74, 6) is -0.122. The number of amides is 1. The highest BCUT2D eigenvalue weighted by atomic mass is 32.1. The first-order chi connectivity index (χ1) is 12.6. The number of hydrogen-bond donors (Lipinski definition) is 0. The third-order valence-corrected chi connectivity index (χ3v) is 5.64. The van der Waals surface area contributed by atoms with Crippen molar-refractivity contribution >= 4 is 32.6 Å². The summed E-state index contributed by atoms with van der Waals surface area (Å²) in [5, 5.41) is 5.08. The minimum absolute atomic E-state index is 0.0564. The first-order valence-electron chi connectivity index (χ1n) is 8.98. The van der Waals surface area contributed by atoms with Crippen LogP contribution in [0.15, 0.2) is 30.5 Å². The van der Waals surface area contributed by atoms with Gasteiger partial charge in [0.05, 0.1) is 22.9 Å². The van der Waals surface area contributed by atoms with Gasteiger partial charge in [0.15, 0.2) is 10.8 Å². The molecule has 1 aliphatic heterocycles. The Hall–Kier alpha value is -2.25. The number of aromatic nitrogens is 3. The molecule has 1 fully saturated rings. The molecule has 0 saturated carbocycles. The van der Waals surface area contributed by atoms with Gasteiger partial charge in [-0.15, -0.1) is 0 Å². The zero-order chi connectivity index (χ0) is 18.1. The van der Waals surface area contributed by atoms with Gasteiger partial charge in [-0.3, -0.25) is 14.4 Å². The number of aryl methyl sites for hydroxylation is 2. The first-order valence-corrected chi connectivity index (χ1v) is 9.80. The zero-order valence-corrected chi connectivity index (χ0v) is 15.8. The minimum atomic E-state index is -0.122. The largest absolute Gasteiger partial charge is 0.376 e. The summed E-state index contributed by atoms with van der Waals surface area (Å²) in [6, 6.07) is 7.93. The molecule has 1 aromatic carbocycles. The van der Waals surface area contributed by atoms with Gasteiger partial charge in [-0.2, -0.15) is 5.10 Å². The molecule has 0 bridgehead atoms. The summed E-state index contributed by atoms with van der Waals surface area (Å²) in [4.78, 5) is 19.6. The van der Waals surface area contributed by atoms with Crippen molar-refractivity contribution in [3.8, 4) is 0 Å². The van der Waals surface area contributed by atoms with Crippen molar-refractivity contribution < 1.29 is 9.53 Å². The van der Waals surface area contributed by atoms with Gasteiger partial charge in [0.1, 0.15) is 0 Å². The van der Waals surface area contributed by atoms with Crippen LogP contribution in [0.4, 0.5) is 5.13 Å². The third-order valence-electron chi connectivity index (χ3n) is 4.60. The van der Waals surface area contributed by atoms with Gasteiger partial charge in [0.2, 0.25) is 0 Å². The Morgan fingerprint density at radius 2 is 2.31 bits per heavy atom. The van der Waals surface area contributed by atoms with Gasteiger partial charge >= 0.3 is 0 Å². The van der Waals surface area contributed by atoms with Crippen molar-refractivity contribution in [2.45, 2.75) is 39.3 Å². The number of fused-ring (bicyclic) bond motifs is 1. The Morgan fingerprint density at radius 1 is 1.42 bits per heavy atom. The summed E-state index contributed by atoms with van der Waals surface area (Å²) < 4.78 is 8.62. The molecule has 26 heavy (non-hydrogen) atoms. The number of benzene rings is 1. The van der Waals surface area contributed by atoms with Crippen LogP contribution in [-0.2, 0) is 11.3 Å². The smallest absolute Gasteiger partial charge is 0.280 e. The molecule has 0 spiro atoms. The van der Waals surface area contributed by atoms with E-state index in [1.54, 1.807) is 27.0 Å². The maximum atomic E-state index is 13.2. The normalized spacial score (nSPS) is 17.1. The number of thiazole rings is 1. The molecule has 1 amide bonds.